The second kappa shape index (κ2) is 5.83. The van der Waals surface area contributed by atoms with Crippen LogP contribution in [0.15, 0.2) is 36.4 Å². The fourth-order valence-corrected chi connectivity index (χ4v) is 2.26. The van der Waals surface area contributed by atoms with Crippen LogP contribution >= 0.6 is 0 Å². The average molecular weight is 324 g/mol. The van der Waals surface area contributed by atoms with E-state index in [0.717, 1.165) is 6.07 Å². The van der Waals surface area contributed by atoms with Crippen LogP contribution < -0.4 is 14.2 Å². The van der Waals surface area contributed by atoms with Gasteiger partial charge in [-0.25, -0.2) is 0 Å². The molecule has 3 rings (SSSR count). The molecule has 0 atom stereocenters. The van der Waals surface area contributed by atoms with Crippen molar-refractivity contribution >= 4 is 6.29 Å². The molecule has 0 radical (unpaired) electrons. The zero-order chi connectivity index (χ0) is 16.4. The van der Waals surface area contributed by atoms with Crippen molar-refractivity contribution in [2.75, 3.05) is 13.2 Å². The molecule has 0 spiro atoms. The van der Waals surface area contributed by atoms with Gasteiger partial charge in [-0.1, -0.05) is 12.1 Å². The van der Waals surface area contributed by atoms with E-state index < -0.39 is 12.1 Å². The van der Waals surface area contributed by atoms with E-state index in [1.165, 1.54) is 12.1 Å². The van der Waals surface area contributed by atoms with Crippen molar-refractivity contribution in [2.24, 2.45) is 0 Å². The molecule has 0 saturated heterocycles. The molecule has 4 nitrogen and oxygen atoms in total. The highest BCUT2D eigenvalue weighted by Crippen LogP contribution is 2.36. The largest absolute Gasteiger partial charge is 0.573 e. The van der Waals surface area contributed by atoms with Gasteiger partial charge in [0.2, 0.25) is 0 Å². The van der Waals surface area contributed by atoms with Crippen molar-refractivity contribution in [2.45, 2.75) is 6.36 Å². The molecular formula is C16H11F3O4. The second-order valence-corrected chi connectivity index (χ2v) is 4.78. The summed E-state index contributed by atoms with van der Waals surface area (Å²) >= 11 is 0. The molecule has 0 amide bonds. The van der Waals surface area contributed by atoms with Gasteiger partial charge in [-0.3, -0.25) is 4.79 Å². The number of rotatable bonds is 3. The van der Waals surface area contributed by atoms with Crippen LogP contribution in [0.5, 0.6) is 17.2 Å². The second-order valence-electron chi connectivity index (χ2n) is 4.78. The molecular weight excluding hydrogens is 313 g/mol. The summed E-state index contributed by atoms with van der Waals surface area (Å²) in [4.78, 5) is 11.0. The predicted molar refractivity (Wildman–Crippen MR) is 74.9 cm³/mol. The van der Waals surface area contributed by atoms with Gasteiger partial charge in [0.05, 0.1) is 5.56 Å². The number of aldehydes is 1. The van der Waals surface area contributed by atoms with E-state index in [4.69, 9.17) is 9.47 Å². The molecule has 0 N–H and O–H groups in total. The summed E-state index contributed by atoms with van der Waals surface area (Å²) in [5.74, 6) is 0.624. The van der Waals surface area contributed by atoms with Crippen molar-refractivity contribution < 1.29 is 32.2 Å². The molecule has 0 unspecified atom stereocenters. The van der Waals surface area contributed by atoms with Crippen molar-refractivity contribution in [3.63, 3.8) is 0 Å². The summed E-state index contributed by atoms with van der Waals surface area (Å²) in [6.07, 6.45) is -4.53. The number of hydrogen-bond acceptors (Lipinski definition) is 4. The molecule has 120 valence electrons. The summed E-state index contributed by atoms with van der Waals surface area (Å²) in [6.45, 7) is 0.888. The van der Waals surface area contributed by atoms with Gasteiger partial charge in [-0.15, -0.1) is 13.2 Å². The number of halogens is 3. The number of hydrogen-bond donors (Lipinski definition) is 0. The SMILES string of the molecule is O=Cc1cc(-c2ccc3c(c2)OCCO3)ccc1OC(F)(F)F. The number of carbonyl (C=O) groups is 1. The fraction of sp³-hybridized carbons (Fsp3) is 0.188. The molecule has 2 aromatic carbocycles. The maximum atomic E-state index is 12.3. The summed E-state index contributed by atoms with van der Waals surface area (Å²) in [7, 11) is 0. The van der Waals surface area contributed by atoms with E-state index in [1.807, 2.05) is 0 Å². The van der Waals surface area contributed by atoms with Gasteiger partial charge in [0.15, 0.2) is 17.8 Å². The quantitative estimate of drug-likeness (QED) is 0.805. The van der Waals surface area contributed by atoms with E-state index in [0.29, 0.717) is 42.1 Å². The molecule has 0 aromatic heterocycles. The minimum absolute atomic E-state index is 0.185. The van der Waals surface area contributed by atoms with Gasteiger partial charge >= 0.3 is 6.36 Å². The molecule has 0 aliphatic carbocycles. The van der Waals surface area contributed by atoms with Crippen LogP contribution in [0.4, 0.5) is 13.2 Å². The first kappa shape index (κ1) is 15.2. The number of benzene rings is 2. The van der Waals surface area contributed by atoms with E-state index in [1.54, 1.807) is 18.2 Å². The van der Waals surface area contributed by atoms with Gasteiger partial charge in [-0.05, 0) is 35.4 Å². The third-order valence-corrected chi connectivity index (χ3v) is 3.24. The van der Waals surface area contributed by atoms with E-state index >= 15 is 0 Å². The molecule has 2 aromatic rings. The van der Waals surface area contributed by atoms with Crippen LogP contribution in [0.25, 0.3) is 11.1 Å². The van der Waals surface area contributed by atoms with Crippen molar-refractivity contribution in [3.8, 4) is 28.4 Å². The van der Waals surface area contributed by atoms with Crippen LogP contribution in [-0.2, 0) is 0 Å². The number of fused-ring (bicyclic) bond motifs is 1. The lowest BCUT2D eigenvalue weighted by Crippen LogP contribution is -2.18. The maximum Gasteiger partial charge on any atom is 0.573 e. The third-order valence-electron chi connectivity index (χ3n) is 3.24. The zero-order valence-corrected chi connectivity index (χ0v) is 11.7. The third kappa shape index (κ3) is 3.39. The Morgan fingerprint density at radius 1 is 0.957 bits per heavy atom. The molecule has 0 saturated carbocycles. The van der Waals surface area contributed by atoms with Gasteiger partial charge in [0.25, 0.3) is 0 Å². The van der Waals surface area contributed by atoms with Crippen LogP contribution in [-0.4, -0.2) is 25.9 Å². The number of alkyl halides is 3. The maximum absolute atomic E-state index is 12.3. The van der Waals surface area contributed by atoms with Crippen LogP contribution in [0.3, 0.4) is 0 Å². The first-order valence-corrected chi connectivity index (χ1v) is 6.71. The smallest absolute Gasteiger partial charge is 0.486 e. The van der Waals surface area contributed by atoms with Gasteiger partial charge in [-0.2, -0.15) is 0 Å². The Morgan fingerprint density at radius 2 is 1.61 bits per heavy atom. The number of carbonyl (C=O) groups excluding carboxylic acids is 1. The standard InChI is InChI=1S/C16H11F3O4/c17-16(18,19)23-13-3-1-10(7-12(13)9-20)11-2-4-14-15(8-11)22-6-5-21-14/h1-4,7-9H,5-6H2. The Kier molecular flexibility index (Phi) is 3.85. The summed E-state index contributed by atoms with van der Waals surface area (Å²) in [6, 6.07) is 9.05. The van der Waals surface area contributed by atoms with E-state index in [9.17, 15) is 18.0 Å². The Hall–Kier alpha value is -2.70. The Balaban J connectivity index is 1.96. The Labute approximate surface area is 129 Å². The van der Waals surface area contributed by atoms with Crippen molar-refractivity contribution in [1.82, 2.24) is 0 Å². The molecule has 1 aliphatic heterocycles. The molecule has 7 heteroatoms. The lowest BCUT2D eigenvalue weighted by molar-refractivity contribution is -0.274. The van der Waals surface area contributed by atoms with Crippen LogP contribution in [0, 0.1) is 0 Å². The monoisotopic (exact) mass is 324 g/mol. The zero-order valence-electron chi connectivity index (χ0n) is 11.7. The van der Waals surface area contributed by atoms with Crippen molar-refractivity contribution in [3.05, 3.63) is 42.0 Å². The lowest BCUT2D eigenvalue weighted by Gasteiger charge is -2.19. The molecule has 1 aliphatic rings. The average Bonchev–Trinajstić information content (AvgIpc) is 2.53. The predicted octanol–water partition coefficient (Wildman–Crippen LogP) is 3.84. The minimum Gasteiger partial charge on any atom is -0.486 e. The van der Waals surface area contributed by atoms with Gasteiger partial charge < -0.3 is 14.2 Å². The van der Waals surface area contributed by atoms with Gasteiger partial charge in [0, 0.05) is 0 Å². The highest BCUT2D eigenvalue weighted by molar-refractivity contribution is 5.83. The highest BCUT2D eigenvalue weighted by Gasteiger charge is 2.32. The Bertz CT molecular complexity index is 741. The Morgan fingerprint density at radius 3 is 2.30 bits per heavy atom. The van der Waals surface area contributed by atoms with E-state index in [-0.39, 0.29) is 5.56 Å². The topological polar surface area (TPSA) is 44.8 Å². The van der Waals surface area contributed by atoms with Crippen LogP contribution in [0.1, 0.15) is 10.4 Å². The van der Waals surface area contributed by atoms with Crippen molar-refractivity contribution in [1.29, 1.82) is 0 Å². The molecule has 23 heavy (non-hydrogen) atoms. The summed E-state index contributed by atoms with van der Waals surface area (Å²) < 4.78 is 51.6. The molecule has 0 fully saturated rings. The first-order chi connectivity index (χ1) is 11.0. The van der Waals surface area contributed by atoms with E-state index in [2.05, 4.69) is 4.74 Å². The highest BCUT2D eigenvalue weighted by atomic mass is 19.4. The lowest BCUT2D eigenvalue weighted by atomic mass is 10.0. The fourth-order valence-electron chi connectivity index (χ4n) is 2.26. The van der Waals surface area contributed by atoms with Crippen LogP contribution in [0.2, 0.25) is 0 Å². The summed E-state index contributed by atoms with van der Waals surface area (Å²) in [5, 5.41) is 0. The first-order valence-electron chi connectivity index (χ1n) is 6.71. The number of ether oxygens (including phenoxy) is 3. The molecule has 0 bridgehead atoms. The summed E-state index contributed by atoms with van der Waals surface area (Å²) in [5.41, 5.74) is 1.07. The van der Waals surface area contributed by atoms with Gasteiger partial charge in [0.1, 0.15) is 19.0 Å². The molecule has 1 heterocycles. The normalized spacial score (nSPS) is 13.5. The minimum atomic E-state index is -4.85.